The first-order chi connectivity index (χ1) is 10.7. The van der Waals surface area contributed by atoms with Gasteiger partial charge in [-0.3, -0.25) is 0 Å². The fourth-order valence-electron chi connectivity index (χ4n) is 2.78. The van der Waals surface area contributed by atoms with E-state index in [0.717, 1.165) is 0 Å². The monoisotopic (exact) mass is 313 g/mol. The number of halogens is 1. The Morgan fingerprint density at radius 1 is 0.909 bits per heavy atom. The molecule has 0 spiro atoms. The molecule has 4 rings (SSSR count). The van der Waals surface area contributed by atoms with Crippen LogP contribution in [0.15, 0.2) is 48.5 Å². The number of thiazole rings is 1. The van der Waals surface area contributed by atoms with Gasteiger partial charge in [-0.2, -0.15) is 0 Å². The van der Waals surface area contributed by atoms with Gasteiger partial charge >= 0.3 is 0 Å². The van der Waals surface area contributed by atoms with Crippen molar-refractivity contribution < 1.29 is 14.6 Å². The van der Waals surface area contributed by atoms with Crippen molar-refractivity contribution in [1.29, 1.82) is 0 Å². The van der Waals surface area contributed by atoms with Gasteiger partial charge in [0.25, 0.3) is 0 Å². The predicted octanol–water partition coefficient (Wildman–Crippen LogP) is 3.43. The van der Waals surface area contributed by atoms with E-state index >= 15 is 0 Å². The van der Waals surface area contributed by atoms with Gasteiger partial charge in [0.05, 0.1) is 10.6 Å². The predicted molar refractivity (Wildman–Crippen MR) is 82.1 cm³/mol. The molecule has 1 heterocycles. The molecular formula is C17H12FNO2S. The molecule has 2 aromatic carbocycles. The largest absolute Gasteiger partial charge is 0.383 e. The lowest BCUT2D eigenvalue weighted by Crippen LogP contribution is -2.16. The molecule has 1 aliphatic carbocycles. The Hall–Kier alpha value is -2.08. The highest BCUT2D eigenvalue weighted by atomic mass is 32.1. The molecule has 3 aromatic rings. The van der Waals surface area contributed by atoms with Crippen molar-refractivity contribution in [2.75, 3.05) is 0 Å². The molecule has 110 valence electrons. The number of hydrogen-bond acceptors (Lipinski definition) is 4. The highest BCUT2D eigenvalue weighted by Crippen LogP contribution is 2.45. The van der Waals surface area contributed by atoms with E-state index in [0.29, 0.717) is 32.3 Å². The van der Waals surface area contributed by atoms with Crippen LogP contribution in [-0.4, -0.2) is 15.2 Å². The Morgan fingerprint density at radius 3 is 2.27 bits per heavy atom. The van der Waals surface area contributed by atoms with Crippen molar-refractivity contribution >= 4 is 11.3 Å². The summed E-state index contributed by atoms with van der Waals surface area (Å²) in [6.45, 7) is 0. The van der Waals surface area contributed by atoms with E-state index in [2.05, 4.69) is 4.98 Å². The Kier molecular flexibility index (Phi) is 3.07. The van der Waals surface area contributed by atoms with Gasteiger partial charge < -0.3 is 10.2 Å². The van der Waals surface area contributed by atoms with E-state index in [4.69, 9.17) is 0 Å². The number of fused-ring (bicyclic) bond motifs is 2. The summed E-state index contributed by atoms with van der Waals surface area (Å²) >= 11 is 1.22. The van der Waals surface area contributed by atoms with Gasteiger partial charge in [0, 0.05) is 5.56 Å². The molecule has 0 saturated heterocycles. The van der Waals surface area contributed by atoms with Gasteiger partial charge in [0.15, 0.2) is 0 Å². The summed E-state index contributed by atoms with van der Waals surface area (Å²) in [4.78, 5) is 4.95. The van der Waals surface area contributed by atoms with Crippen molar-refractivity contribution in [2.45, 2.75) is 12.2 Å². The number of aliphatic hydroxyl groups is 2. The topological polar surface area (TPSA) is 53.4 Å². The third-order valence-corrected chi connectivity index (χ3v) is 5.03. The summed E-state index contributed by atoms with van der Waals surface area (Å²) in [5.74, 6) is -0.366. The summed E-state index contributed by atoms with van der Waals surface area (Å²) < 4.78 is 13.9. The van der Waals surface area contributed by atoms with Crippen LogP contribution in [0.3, 0.4) is 0 Å². The van der Waals surface area contributed by atoms with Crippen LogP contribution >= 0.6 is 11.3 Å². The van der Waals surface area contributed by atoms with Gasteiger partial charge in [-0.1, -0.05) is 36.4 Å². The number of aliphatic hydroxyl groups excluding tert-OH is 2. The van der Waals surface area contributed by atoms with Crippen LogP contribution in [0, 0.1) is 5.82 Å². The van der Waals surface area contributed by atoms with E-state index in [9.17, 15) is 14.6 Å². The van der Waals surface area contributed by atoms with E-state index in [-0.39, 0.29) is 5.82 Å². The molecule has 2 unspecified atom stereocenters. The van der Waals surface area contributed by atoms with Crippen molar-refractivity contribution in [3.05, 3.63) is 76.0 Å². The first-order valence-electron chi connectivity index (χ1n) is 6.87. The molecule has 0 saturated carbocycles. The van der Waals surface area contributed by atoms with Crippen LogP contribution < -0.4 is 0 Å². The Labute approximate surface area is 130 Å². The minimum absolute atomic E-state index is 0.366. The van der Waals surface area contributed by atoms with Gasteiger partial charge in [-0.25, -0.2) is 9.37 Å². The molecule has 22 heavy (non-hydrogen) atoms. The molecule has 0 radical (unpaired) electrons. The summed E-state index contributed by atoms with van der Waals surface area (Å²) in [5, 5.41) is 21.5. The second-order valence-corrected chi connectivity index (χ2v) is 6.21. The first kappa shape index (κ1) is 13.6. The number of benzene rings is 2. The van der Waals surface area contributed by atoms with Gasteiger partial charge in [-0.15, -0.1) is 11.3 Å². The maximum atomic E-state index is 13.9. The average molecular weight is 313 g/mol. The van der Waals surface area contributed by atoms with Crippen molar-refractivity contribution in [2.24, 2.45) is 0 Å². The summed E-state index contributed by atoms with van der Waals surface area (Å²) in [6, 6.07) is 13.6. The molecule has 0 aliphatic heterocycles. The minimum atomic E-state index is -0.897. The zero-order valence-electron chi connectivity index (χ0n) is 11.4. The van der Waals surface area contributed by atoms with Crippen LogP contribution in [-0.2, 0) is 0 Å². The summed E-state index contributed by atoms with van der Waals surface area (Å²) in [5.41, 5.74) is 2.11. The number of aromatic nitrogens is 1. The molecule has 0 amide bonds. The van der Waals surface area contributed by atoms with Crippen LogP contribution in [0.1, 0.15) is 33.9 Å². The van der Waals surface area contributed by atoms with Crippen LogP contribution in [0.5, 0.6) is 0 Å². The zero-order chi connectivity index (χ0) is 15.3. The maximum Gasteiger partial charge on any atom is 0.133 e. The lowest BCUT2D eigenvalue weighted by Gasteiger charge is -2.24. The Morgan fingerprint density at radius 2 is 1.55 bits per heavy atom. The second-order valence-electron chi connectivity index (χ2n) is 5.18. The van der Waals surface area contributed by atoms with E-state index in [1.54, 1.807) is 30.3 Å². The molecular weight excluding hydrogens is 301 g/mol. The maximum absolute atomic E-state index is 13.9. The van der Waals surface area contributed by atoms with Crippen molar-refractivity contribution in [3.8, 4) is 10.6 Å². The average Bonchev–Trinajstić information content (AvgIpc) is 2.98. The molecule has 0 bridgehead atoms. The molecule has 2 N–H and O–H groups in total. The third-order valence-electron chi connectivity index (χ3n) is 3.88. The molecule has 0 fully saturated rings. The van der Waals surface area contributed by atoms with Crippen molar-refractivity contribution in [3.63, 3.8) is 0 Å². The Balaban J connectivity index is 1.89. The number of nitrogens with zero attached hydrogens (tertiary/aromatic N) is 1. The fourth-order valence-corrected chi connectivity index (χ4v) is 3.91. The molecule has 3 nitrogen and oxygen atoms in total. The zero-order valence-corrected chi connectivity index (χ0v) is 12.2. The Bertz CT molecular complexity index is 815. The normalized spacial score (nSPS) is 19.6. The molecule has 1 aromatic heterocycles. The van der Waals surface area contributed by atoms with E-state index < -0.39 is 12.2 Å². The fraction of sp³-hybridized carbons (Fsp3) is 0.118. The van der Waals surface area contributed by atoms with Crippen LogP contribution in [0.4, 0.5) is 4.39 Å². The standard InChI is InChI=1S/C17H12FNO2S/c18-12-8-4-3-7-11(12)17-19-13-14(20)9-5-1-2-6-10(9)15(21)16(13)22-17/h1-8,14-15,20-21H. The summed E-state index contributed by atoms with van der Waals surface area (Å²) in [6.07, 6.45) is -1.74. The highest BCUT2D eigenvalue weighted by molar-refractivity contribution is 7.15. The highest BCUT2D eigenvalue weighted by Gasteiger charge is 2.33. The minimum Gasteiger partial charge on any atom is -0.383 e. The number of hydrogen-bond donors (Lipinski definition) is 2. The molecule has 2 atom stereocenters. The number of rotatable bonds is 1. The molecule has 5 heteroatoms. The van der Waals surface area contributed by atoms with E-state index in [1.807, 2.05) is 12.1 Å². The van der Waals surface area contributed by atoms with Crippen LogP contribution in [0.25, 0.3) is 10.6 Å². The van der Waals surface area contributed by atoms with Gasteiger partial charge in [-0.05, 0) is 23.3 Å². The first-order valence-corrected chi connectivity index (χ1v) is 7.69. The summed E-state index contributed by atoms with van der Waals surface area (Å²) in [7, 11) is 0. The van der Waals surface area contributed by atoms with Gasteiger partial charge in [0.2, 0.25) is 0 Å². The third kappa shape index (κ3) is 1.90. The van der Waals surface area contributed by atoms with E-state index in [1.165, 1.54) is 17.4 Å². The lowest BCUT2D eigenvalue weighted by molar-refractivity contribution is 0.173. The SMILES string of the molecule is OC1c2ccccc2C(O)c2sc(-c3ccccc3F)nc21. The van der Waals surface area contributed by atoms with Crippen LogP contribution in [0.2, 0.25) is 0 Å². The quantitative estimate of drug-likeness (QED) is 0.724. The van der Waals surface area contributed by atoms with Crippen molar-refractivity contribution in [1.82, 2.24) is 4.98 Å². The second kappa shape index (κ2) is 4.98. The van der Waals surface area contributed by atoms with Gasteiger partial charge in [0.1, 0.15) is 23.0 Å². The smallest absolute Gasteiger partial charge is 0.133 e. The molecule has 1 aliphatic rings. The lowest BCUT2D eigenvalue weighted by atomic mass is 9.89.